The highest BCUT2D eigenvalue weighted by atomic mass is 32.2. The Labute approximate surface area is 245 Å². The molecule has 0 spiro atoms. The van der Waals surface area contributed by atoms with E-state index in [0.29, 0.717) is 11.3 Å². The van der Waals surface area contributed by atoms with Crippen LogP contribution in [-0.2, 0) is 27.6 Å². The van der Waals surface area contributed by atoms with Crippen LogP contribution < -0.4 is 8.92 Å². The van der Waals surface area contributed by atoms with E-state index in [1.54, 1.807) is 24.3 Å². The molecule has 0 aliphatic heterocycles. The third-order valence-electron chi connectivity index (χ3n) is 6.66. The van der Waals surface area contributed by atoms with E-state index < -0.39 is 39.1 Å². The molecule has 0 N–H and O–H groups in total. The fraction of sp³-hybridized carbons (Fsp3) is 0.172. The van der Waals surface area contributed by atoms with Gasteiger partial charge in [-0.3, -0.25) is 0 Å². The van der Waals surface area contributed by atoms with Gasteiger partial charge in [-0.15, -0.1) is 0 Å². The summed E-state index contributed by atoms with van der Waals surface area (Å²) in [5.74, 6) is -1.02. The lowest BCUT2D eigenvalue weighted by Gasteiger charge is -2.13. The molecule has 5 rings (SSSR count). The number of nitrogens with zero attached hydrogens (tertiary/aromatic N) is 2. The van der Waals surface area contributed by atoms with Gasteiger partial charge in [0.2, 0.25) is 0 Å². The summed E-state index contributed by atoms with van der Waals surface area (Å²) >= 11 is 0. The SMILES string of the molecule is COC(=O)c1cc(-c2cccc(C(F)(F)F)c2)nc2c3ccc(OS(=O)(=O)C(F)(F)F)cc3n(Cc3ccc(OC)cc3)c12. The molecule has 2 heterocycles. The van der Waals surface area contributed by atoms with E-state index in [4.69, 9.17) is 9.47 Å². The van der Waals surface area contributed by atoms with Crippen LogP contribution in [0.4, 0.5) is 26.3 Å². The summed E-state index contributed by atoms with van der Waals surface area (Å²) in [6.45, 7) is -0.00590. The molecule has 5 aromatic rings. The number of fused-ring (bicyclic) bond motifs is 3. The number of carbonyl (C=O) groups is 1. The van der Waals surface area contributed by atoms with Gasteiger partial charge in [0.15, 0.2) is 0 Å². The monoisotopic (exact) mass is 638 g/mol. The summed E-state index contributed by atoms with van der Waals surface area (Å²) in [4.78, 5) is 17.6. The number of hydrogen-bond donors (Lipinski definition) is 0. The molecule has 0 saturated heterocycles. The lowest BCUT2D eigenvalue weighted by Crippen LogP contribution is -2.28. The maximum absolute atomic E-state index is 13.5. The first-order valence-corrected chi connectivity index (χ1v) is 13.9. The minimum Gasteiger partial charge on any atom is -0.497 e. The predicted octanol–water partition coefficient (Wildman–Crippen LogP) is 6.95. The molecule has 0 unspecified atom stereocenters. The Morgan fingerprint density at radius 2 is 1.57 bits per heavy atom. The molecule has 0 radical (unpaired) electrons. The van der Waals surface area contributed by atoms with Crippen LogP contribution in [0.3, 0.4) is 0 Å². The Morgan fingerprint density at radius 1 is 0.886 bits per heavy atom. The zero-order valence-corrected chi connectivity index (χ0v) is 23.5. The number of rotatable bonds is 7. The molecular formula is C29H20F6N2O6S. The Hall–Kier alpha value is -4.79. The van der Waals surface area contributed by atoms with Crippen molar-refractivity contribution < 1.29 is 53.2 Å². The molecule has 2 aromatic heterocycles. The Kier molecular flexibility index (Phi) is 7.70. The smallest absolute Gasteiger partial charge is 0.497 e. The highest BCUT2D eigenvalue weighted by Gasteiger charge is 2.48. The molecule has 15 heteroatoms. The third kappa shape index (κ3) is 5.74. The number of hydrogen-bond acceptors (Lipinski definition) is 7. The first kappa shape index (κ1) is 30.7. The molecular weight excluding hydrogens is 618 g/mol. The molecule has 3 aromatic carbocycles. The van der Waals surface area contributed by atoms with Crippen molar-refractivity contribution in [3.8, 4) is 22.8 Å². The number of pyridine rings is 1. The predicted molar refractivity (Wildman–Crippen MR) is 147 cm³/mol. The van der Waals surface area contributed by atoms with Crippen molar-refractivity contribution in [2.75, 3.05) is 14.2 Å². The van der Waals surface area contributed by atoms with Crippen LogP contribution in [0.15, 0.2) is 72.8 Å². The number of esters is 1. The van der Waals surface area contributed by atoms with Crippen LogP contribution in [-0.4, -0.2) is 43.7 Å². The average Bonchev–Trinajstić information content (AvgIpc) is 3.28. The summed E-state index contributed by atoms with van der Waals surface area (Å²) in [5, 5.41) is 0.240. The topological polar surface area (TPSA) is 96.7 Å². The highest BCUT2D eigenvalue weighted by Crippen LogP contribution is 2.38. The Bertz CT molecular complexity index is 2000. The van der Waals surface area contributed by atoms with Crippen LogP contribution >= 0.6 is 0 Å². The molecule has 0 atom stereocenters. The molecule has 0 amide bonds. The van der Waals surface area contributed by atoms with E-state index in [1.165, 1.54) is 35.9 Å². The van der Waals surface area contributed by atoms with Gasteiger partial charge in [-0.1, -0.05) is 24.3 Å². The van der Waals surface area contributed by atoms with Crippen molar-refractivity contribution in [3.63, 3.8) is 0 Å². The van der Waals surface area contributed by atoms with Crippen LogP contribution in [0.2, 0.25) is 0 Å². The number of methoxy groups -OCH3 is 2. The first-order chi connectivity index (χ1) is 20.6. The van der Waals surface area contributed by atoms with E-state index in [9.17, 15) is 39.6 Å². The molecule has 230 valence electrons. The Morgan fingerprint density at radius 3 is 2.18 bits per heavy atom. The van der Waals surface area contributed by atoms with Gasteiger partial charge in [0, 0.05) is 23.6 Å². The number of halogens is 6. The maximum atomic E-state index is 13.5. The fourth-order valence-corrected chi connectivity index (χ4v) is 5.08. The van der Waals surface area contributed by atoms with Crippen LogP contribution in [0.1, 0.15) is 21.5 Å². The molecule has 0 aliphatic carbocycles. The van der Waals surface area contributed by atoms with Gasteiger partial charge in [0.1, 0.15) is 11.5 Å². The van der Waals surface area contributed by atoms with Crippen molar-refractivity contribution in [3.05, 3.63) is 89.5 Å². The van der Waals surface area contributed by atoms with Gasteiger partial charge in [-0.2, -0.15) is 34.8 Å². The van der Waals surface area contributed by atoms with Gasteiger partial charge in [0.05, 0.1) is 47.6 Å². The van der Waals surface area contributed by atoms with Gasteiger partial charge < -0.3 is 18.2 Å². The summed E-state index contributed by atoms with van der Waals surface area (Å²) in [5.41, 5.74) is -5.78. The molecule has 0 fully saturated rings. The second-order valence-corrected chi connectivity index (χ2v) is 11.0. The number of carbonyl (C=O) groups excluding carboxylic acids is 1. The van der Waals surface area contributed by atoms with Crippen molar-refractivity contribution in [1.82, 2.24) is 9.55 Å². The highest BCUT2D eigenvalue weighted by molar-refractivity contribution is 7.88. The number of ether oxygens (including phenoxy) is 2. The summed E-state index contributed by atoms with van der Waals surface area (Å²) in [6.07, 6.45) is -4.66. The van der Waals surface area contributed by atoms with Gasteiger partial charge >= 0.3 is 27.8 Å². The normalized spacial score (nSPS) is 12.5. The van der Waals surface area contributed by atoms with Crippen molar-refractivity contribution >= 4 is 38.0 Å². The summed E-state index contributed by atoms with van der Waals surface area (Å²) in [6, 6.07) is 15.5. The number of alkyl halides is 6. The van der Waals surface area contributed by atoms with Gasteiger partial charge in [-0.05, 0) is 48.0 Å². The van der Waals surface area contributed by atoms with Crippen molar-refractivity contribution in [2.24, 2.45) is 0 Å². The molecule has 0 aliphatic rings. The molecule has 44 heavy (non-hydrogen) atoms. The minimum absolute atomic E-state index is 0.00590. The lowest BCUT2D eigenvalue weighted by molar-refractivity contribution is -0.137. The van der Waals surface area contributed by atoms with E-state index in [2.05, 4.69) is 9.17 Å². The zero-order chi connectivity index (χ0) is 32.0. The zero-order valence-electron chi connectivity index (χ0n) is 22.7. The van der Waals surface area contributed by atoms with Crippen LogP contribution in [0.5, 0.6) is 11.5 Å². The van der Waals surface area contributed by atoms with Crippen molar-refractivity contribution in [1.29, 1.82) is 0 Å². The molecule has 0 saturated carbocycles. The largest absolute Gasteiger partial charge is 0.534 e. The summed E-state index contributed by atoms with van der Waals surface area (Å²) in [7, 11) is -3.45. The number of aromatic nitrogens is 2. The second kappa shape index (κ2) is 11.0. The van der Waals surface area contributed by atoms with E-state index >= 15 is 0 Å². The molecule has 0 bridgehead atoms. The summed E-state index contributed by atoms with van der Waals surface area (Å²) < 4.78 is 119. The first-order valence-electron chi connectivity index (χ1n) is 12.5. The lowest BCUT2D eigenvalue weighted by atomic mass is 10.0. The van der Waals surface area contributed by atoms with Crippen LogP contribution in [0.25, 0.3) is 33.2 Å². The van der Waals surface area contributed by atoms with E-state index in [0.717, 1.165) is 31.4 Å². The van der Waals surface area contributed by atoms with E-state index in [-0.39, 0.29) is 45.3 Å². The minimum atomic E-state index is -6.02. The quantitative estimate of drug-likeness (QED) is 0.0824. The van der Waals surface area contributed by atoms with Gasteiger partial charge in [0.25, 0.3) is 0 Å². The standard InChI is InChI=1S/C29H20F6N2O6S/c1-41-19-8-6-16(7-9-19)15-37-24-13-20(43-44(39,40)29(33,34)35)10-11-21(24)25-26(37)22(27(38)42-2)14-23(36-25)17-4-3-5-18(12-17)28(30,31)32/h3-14H,15H2,1-2H3. The Balaban J connectivity index is 1.81. The maximum Gasteiger partial charge on any atom is 0.534 e. The third-order valence-corrected chi connectivity index (χ3v) is 7.64. The van der Waals surface area contributed by atoms with Crippen molar-refractivity contribution in [2.45, 2.75) is 18.2 Å². The van der Waals surface area contributed by atoms with Gasteiger partial charge in [-0.25, -0.2) is 9.78 Å². The number of benzene rings is 3. The van der Waals surface area contributed by atoms with E-state index in [1.807, 2.05) is 0 Å². The second-order valence-electron chi connectivity index (χ2n) is 9.42. The van der Waals surface area contributed by atoms with Crippen LogP contribution in [0, 0.1) is 0 Å². The molecule has 8 nitrogen and oxygen atoms in total. The fourth-order valence-electron chi connectivity index (χ4n) is 4.63. The average molecular weight is 639 g/mol.